The van der Waals surface area contributed by atoms with Crippen molar-refractivity contribution in [1.82, 2.24) is 0 Å². The Hall–Kier alpha value is -0.690. The van der Waals surface area contributed by atoms with Gasteiger partial charge in [0.2, 0.25) is 0 Å². The molecule has 68 valence electrons. The molecule has 0 aliphatic carbocycles. The Kier molecular flexibility index (Phi) is 3.09. The molecule has 1 fully saturated rings. The van der Waals surface area contributed by atoms with Crippen LogP contribution < -0.4 is 0 Å². The van der Waals surface area contributed by atoms with Crippen molar-refractivity contribution in [3.05, 3.63) is 41.3 Å². The van der Waals surface area contributed by atoms with Gasteiger partial charge in [-0.2, -0.15) is 0 Å². The van der Waals surface area contributed by atoms with Crippen LogP contribution >= 0.6 is 0 Å². The first-order valence-corrected chi connectivity index (χ1v) is 6.47. The molecule has 0 atom stereocenters. The smallest absolute Gasteiger partial charge is 0.0622 e. The van der Waals surface area contributed by atoms with Gasteiger partial charge in [0.1, 0.15) is 16.9 Å². The first-order chi connectivity index (χ1) is 6.45. The summed E-state index contributed by atoms with van der Waals surface area (Å²) < 4.78 is 0. The highest BCUT2D eigenvalue weighted by Gasteiger charge is 2.20. The van der Waals surface area contributed by atoms with E-state index in [9.17, 15) is 0 Å². The van der Waals surface area contributed by atoms with Gasteiger partial charge in [-0.05, 0) is 24.5 Å². The van der Waals surface area contributed by atoms with E-state index in [1.807, 2.05) is 0 Å². The molecular formula is C12H15S+. The maximum Gasteiger partial charge on any atom is 0.119 e. The standard InChI is InChI=1S/C12H15S/c1-2-6-12(7-3-1)8-11-13-9-4-5-10-13/h1-3,6-8,11H,4-5,9-10H2/q+1/b11-8+. The van der Waals surface area contributed by atoms with Crippen LogP contribution in [0.1, 0.15) is 18.4 Å². The van der Waals surface area contributed by atoms with Gasteiger partial charge in [-0.15, -0.1) is 0 Å². The quantitative estimate of drug-likeness (QED) is 0.630. The molecule has 0 bridgehead atoms. The van der Waals surface area contributed by atoms with E-state index < -0.39 is 0 Å². The zero-order valence-corrected chi connectivity index (χ0v) is 8.59. The molecule has 1 aliphatic heterocycles. The first kappa shape index (κ1) is 8.89. The highest BCUT2D eigenvalue weighted by molar-refractivity contribution is 7.99. The molecule has 0 radical (unpaired) electrons. The van der Waals surface area contributed by atoms with Crippen LogP contribution in [0.15, 0.2) is 35.7 Å². The summed E-state index contributed by atoms with van der Waals surface area (Å²) in [7, 11) is 0.592. The lowest BCUT2D eigenvalue weighted by Gasteiger charge is -1.91. The van der Waals surface area contributed by atoms with Gasteiger partial charge in [-0.3, -0.25) is 0 Å². The van der Waals surface area contributed by atoms with Crippen LogP contribution in [0.4, 0.5) is 0 Å². The van der Waals surface area contributed by atoms with E-state index in [1.165, 1.54) is 29.9 Å². The van der Waals surface area contributed by atoms with Crippen LogP contribution in [0.3, 0.4) is 0 Å². The number of hydrogen-bond donors (Lipinski definition) is 0. The Bertz CT molecular complexity index is 270. The molecule has 1 saturated heterocycles. The number of hydrogen-bond acceptors (Lipinski definition) is 0. The van der Waals surface area contributed by atoms with E-state index in [4.69, 9.17) is 0 Å². The SMILES string of the molecule is C(=C\[S+]1CCCC1)/c1ccccc1. The summed E-state index contributed by atoms with van der Waals surface area (Å²) in [6.07, 6.45) is 5.14. The molecule has 13 heavy (non-hydrogen) atoms. The van der Waals surface area contributed by atoms with Gasteiger partial charge < -0.3 is 0 Å². The summed E-state index contributed by atoms with van der Waals surface area (Å²) in [5.74, 6) is 2.84. The molecule has 0 unspecified atom stereocenters. The fourth-order valence-corrected chi connectivity index (χ4v) is 3.53. The topological polar surface area (TPSA) is 0 Å². The Morgan fingerprint density at radius 1 is 1.00 bits per heavy atom. The Balaban J connectivity index is 1.97. The third-order valence-electron chi connectivity index (χ3n) is 2.32. The minimum absolute atomic E-state index is 0.592. The van der Waals surface area contributed by atoms with Crippen LogP contribution in [0.5, 0.6) is 0 Å². The van der Waals surface area contributed by atoms with Gasteiger partial charge >= 0.3 is 0 Å². The molecule has 1 aromatic rings. The predicted molar refractivity (Wildman–Crippen MR) is 61.8 cm³/mol. The van der Waals surface area contributed by atoms with Gasteiger partial charge in [0.15, 0.2) is 0 Å². The van der Waals surface area contributed by atoms with E-state index in [0.29, 0.717) is 10.9 Å². The van der Waals surface area contributed by atoms with Gasteiger partial charge in [0.05, 0.1) is 0 Å². The summed E-state index contributed by atoms with van der Waals surface area (Å²) in [6.45, 7) is 0. The number of benzene rings is 1. The molecule has 0 amide bonds. The lowest BCUT2D eigenvalue weighted by molar-refractivity contribution is 0.949. The maximum absolute atomic E-state index is 2.41. The van der Waals surface area contributed by atoms with E-state index >= 15 is 0 Å². The molecule has 2 rings (SSSR count). The predicted octanol–water partition coefficient (Wildman–Crippen LogP) is 3.07. The molecule has 0 N–H and O–H groups in total. The molecule has 1 aliphatic rings. The Morgan fingerprint density at radius 3 is 2.38 bits per heavy atom. The minimum Gasteiger partial charge on any atom is -0.0622 e. The summed E-state index contributed by atoms with van der Waals surface area (Å²) >= 11 is 0. The van der Waals surface area contributed by atoms with Crippen molar-refractivity contribution in [2.45, 2.75) is 12.8 Å². The second kappa shape index (κ2) is 4.52. The normalized spacial score (nSPS) is 18.5. The fourth-order valence-electron chi connectivity index (χ4n) is 1.55. The van der Waals surface area contributed by atoms with E-state index in [1.54, 1.807) is 0 Å². The fraction of sp³-hybridized carbons (Fsp3) is 0.333. The number of rotatable bonds is 2. The second-order valence-electron chi connectivity index (χ2n) is 3.37. The summed E-state index contributed by atoms with van der Waals surface area (Å²) in [6, 6.07) is 10.6. The largest absolute Gasteiger partial charge is 0.119 e. The van der Waals surface area contributed by atoms with E-state index in [0.717, 1.165) is 0 Å². The monoisotopic (exact) mass is 191 g/mol. The molecular weight excluding hydrogens is 176 g/mol. The highest BCUT2D eigenvalue weighted by atomic mass is 32.2. The molecule has 0 nitrogen and oxygen atoms in total. The summed E-state index contributed by atoms with van der Waals surface area (Å²) in [5.41, 5.74) is 1.34. The zero-order chi connectivity index (χ0) is 8.93. The average molecular weight is 191 g/mol. The Morgan fingerprint density at radius 2 is 1.69 bits per heavy atom. The van der Waals surface area contributed by atoms with Gasteiger partial charge in [0.25, 0.3) is 0 Å². The highest BCUT2D eigenvalue weighted by Crippen LogP contribution is 2.15. The van der Waals surface area contributed by atoms with Crippen molar-refractivity contribution in [1.29, 1.82) is 0 Å². The Labute approximate surface area is 83.0 Å². The van der Waals surface area contributed by atoms with Crippen molar-refractivity contribution in [2.75, 3.05) is 11.5 Å². The third-order valence-corrected chi connectivity index (χ3v) is 4.46. The van der Waals surface area contributed by atoms with Crippen molar-refractivity contribution in [3.63, 3.8) is 0 Å². The summed E-state index contributed by atoms with van der Waals surface area (Å²) in [4.78, 5) is 0. The van der Waals surface area contributed by atoms with Gasteiger partial charge in [0, 0.05) is 10.9 Å². The van der Waals surface area contributed by atoms with Crippen LogP contribution in [0.2, 0.25) is 0 Å². The summed E-state index contributed by atoms with van der Waals surface area (Å²) in [5, 5.41) is 2.41. The van der Waals surface area contributed by atoms with Crippen molar-refractivity contribution in [3.8, 4) is 0 Å². The maximum atomic E-state index is 2.41. The molecule has 0 aromatic heterocycles. The van der Waals surface area contributed by atoms with Crippen LogP contribution in [-0.2, 0) is 10.9 Å². The van der Waals surface area contributed by atoms with Crippen molar-refractivity contribution < 1.29 is 0 Å². The zero-order valence-electron chi connectivity index (χ0n) is 7.78. The van der Waals surface area contributed by atoms with E-state index in [-0.39, 0.29) is 0 Å². The first-order valence-electron chi connectivity index (χ1n) is 4.85. The molecule has 1 heteroatoms. The van der Waals surface area contributed by atoms with Gasteiger partial charge in [-0.25, -0.2) is 0 Å². The van der Waals surface area contributed by atoms with Crippen LogP contribution in [0.25, 0.3) is 6.08 Å². The third kappa shape index (κ3) is 2.63. The average Bonchev–Trinajstić information content (AvgIpc) is 2.69. The lowest BCUT2D eigenvalue weighted by atomic mass is 10.2. The molecule has 0 saturated carbocycles. The van der Waals surface area contributed by atoms with Crippen molar-refractivity contribution >= 4 is 17.0 Å². The van der Waals surface area contributed by atoms with Crippen LogP contribution in [0, 0.1) is 0 Å². The molecule has 0 spiro atoms. The molecule has 1 aromatic carbocycles. The van der Waals surface area contributed by atoms with Crippen molar-refractivity contribution in [2.24, 2.45) is 0 Å². The van der Waals surface area contributed by atoms with E-state index in [2.05, 4.69) is 41.8 Å². The minimum atomic E-state index is 0.592. The lowest BCUT2D eigenvalue weighted by Crippen LogP contribution is -1.96. The van der Waals surface area contributed by atoms with Gasteiger partial charge in [-0.1, -0.05) is 30.3 Å². The molecule has 1 heterocycles. The van der Waals surface area contributed by atoms with Crippen LogP contribution in [-0.4, -0.2) is 11.5 Å². The second-order valence-corrected chi connectivity index (χ2v) is 5.53.